The number of nitrogens with zero attached hydrogens (tertiary/aromatic N) is 3. The second-order valence-corrected chi connectivity index (χ2v) is 6.96. The normalized spacial score (nSPS) is 13.5. The van der Waals surface area contributed by atoms with E-state index in [1.165, 1.54) is 6.07 Å². The first-order valence-electron chi connectivity index (χ1n) is 9.28. The highest BCUT2D eigenvalue weighted by atomic mass is 16.6. The zero-order chi connectivity index (χ0) is 19.7. The number of nitrogens with one attached hydrogen (secondary N) is 2. The van der Waals surface area contributed by atoms with E-state index in [4.69, 9.17) is 0 Å². The maximum absolute atomic E-state index is 12.1. The molecule has 28 heavy (non-hydrogen) atoms. The van der Waals surface area contributed by atoms with Gasteiger partial charge in [0.2, 0.25) is 0 Å². The zero-order valence-corrected chi connectivity index (χ0v) is 15.5. The first-order chi connectivity index (χ1) is 13.5. The number of hydrogen-bond acceptors (Lipinski definition) is 5. The standard InChI is InChI=1S/C20H21N5O3/c1-13-22-17-4-2-3-5-18(17)24(13)11-10-21-16-9-6-14(12-19(16)25(27)28)20(26)23-15-7-8-15/h2-6,9,12,15,21H,7-8,10-11H2,1H3,(H,23,26). The van der Waals surface area contributed by atoms with E-state index in [-0.39, 0.29) is 17.6 Å². The van der Waals surface area contributed by atoms with Crippen molar-refractivity contribution in [3.63, 3.8) is 0 Å². The van der Waals surface area contributed by atoms with E-state index in [1.54, 1.807) is 12.1 Å². The molecule has 8 heteroatoms. The first kappa shape index (κ1) is 18.0. The molecule has 0 atom stereocenters. The van der Waals surface area contributed by atoms with Gasteiger partial charge in [0.05, 0.1) is 16.0 Å². The fourth-order valence-corrected chi connectivity index (χ4v) is 3.25. The van der Waals surface area contributed by atoms with E-state index in [0.29, 0.717) is 24.3 Å². The first-order valence-corrected chi connectivity index (χ1v) is 9.28. The summed E-state index contributed by atoms with van der Waals surface area (Å²) in [5.74, 6) is 0.627. The van der Waals surface area contributed by atoms with Crippen LogP contribution in [0.3, 0.4) is 0 Å². The lowest BCUT2D eigenvalue weighted by atomic mass is 10.1. The Morgan fingerprint density at radius 1 is 1.29 bits per heavy atom. The van der Waals surface area contributed by atoms with Crippen molar-refractivity contribution in [2.45, 2.75) is 32.4 Å². The Morgan fingerprint density at radius 2 is 2.07 bits per heavy atom. The molecule has 1 aromatic heterocycles. The summed E-state index contributed by atoms with van der Waals surface area (Å²) >= 11 is 0. The van der Waals surface area contributed by atoms with E-state index < -0.39 is 4.92 Å². The lowest BCUT2D eigenvalue weighted by molar-refractivity contribution is -0.384. The lowest BCUT2D eigenvalue weighted by Crippen LogP contribution is -2.25. The number of aryl methyl sites for hydroxylation is 1. The summed E-state index contributed by atoms with van der Waals surface area (Å²) in [6.45, 7) is 3.05. The Hall–Kier alpha value is -3.42. The highest BCUT2D eigenvalue weighted by molar-refractivity contribution is 5.96. The molecular formula is C20H21N5O3. The van der Waals surface area contributed by atoms with E-state index in [0.717, 1.165) is 29.7 Å². The Labute approximate surface area is 161 Å². The molecule has 144 valence electrons. The molecule has 0 aliphatic heterocycles. The molecule has 2 aromatic carbocycles. The molecule has 1 saturated carbocycles. The third kappa shape index (κ3) is 3.66. The number of carbonyl (C=O) groups excluding carboxylic acids is 1. The van der Waals surface area contributed by atoms with Gasteiger partial charge >= 0.3 is 0 Å². The van der Waals surface area contributed by atoms with Gasteiger partial charge in [0.15, 0.2) is 0 Å². The molecule has 1 aliphatic carbocycles. The number of carbonyl (C=O) groups is 1. The van der Waals surface area contributed by atoms with Crippen LogP contribution in [0.25, 0.3) is 11.0 Å². The number of fused-ring (bicyclic) bond motifs is 1. The topological polar surface area (TPSA) is 102 Å². The molecule has 0 spiro atoms. The molecule has 1 heterocycles. The summed E-state index contributed by atoms with van der Waals surface area (Å²) in [6, 6.07) is 12.6. The average Bonchev–Trinajstić information content (AvgIpc) is 3.44. The second-order valence-electron chi connectivity index (χ2n) is 6.96. The van der Waals surface area contributed by atoms with E-state index in [9.17, 15) is 14.9 Å². The molecule has 1 amide bonds. The smallest absolute Gasteiger partial charge is 0.293 e. The number of hydrogen-bond donors (Lipinski definition) is 2. The number of aromatic nitrogens is 2. The van der Waals surface area contributed by atoms with Gasteiger partial charge in [0, 0.05) is 30.8 Å². The van der Waals surface area contributed by atoms with Crippen molar-refractivity contribution in [3.05, 3.63) is 64.0 Å². The number of nitro groups is 1. The van der Waals surface area contributed by atoms with Gasteiger partial charge in [-0.3, -0.25) is 14.9 Å². The number of anilines is 1. The van der Waals surface area contributed by atoms with Crippen molar-refractivity contribution >= 4 is 28.3 Å². The van der Waals surface area contributed by atoms with Crippen LogP contribution in [-0.2, 0) is 6.54 Å². The number of benzene rings is 2. The quantitative estimate of drug-likeness (QED) is 0.485. The average molecular weight is 379 g/mol. The Balaban J connectivity index is 1.48. The van der Waals surface area contributed by atoms with Crippen LogP contribution in [0.5, 0.6) is 0 Å². The molecular weight excluding hydrogens is 358 g/mol. The SMILES string of the molecule is Cc1nc2ccccc2n1CCNc1ccc(C(=O)NC2CC2)cc1[N+](=O)[O-]. The summed E-state index contributed by atoms with van der Waals surface area (Å²) in [5, 5.41) is 17.4. The predicted octanol–water partition coefficient (Wildman–Crippen LogP) is 3.26. The fraction of sp³-hybridized carbons (Fsp3) is 0.300. The number of amides is 1. The molecule has 4 rings (SSSR count). The summed E-state index contributed by atoms with van der Waals surface area (Å²) in [6.07, 6.45) is 1.94. The van der Waals surface area contributed by atoms with Crippen LogP contribution in [0, 0.1) is 17.0 Å². The summed E-state index contributed by atoms with van der Waals surface area (Å²) in [5.41, 5.74) is 2.56. The van der Waals surface area contributed by atoms with Gasteiger partial charge in [-0.25, -0.2) is 4.98 Å². The van der Waals surface area contributed by atoms with Gasteiger partial charge in [-0.2, -0.15) is 0 Å². The third-order valence-corrected chi connectivity index (χ3v) is 4.87. The van der Waals surface area contributed by atoms with Crippen LogP contribution in [-0.4, -0.2) is 33.0 Å². The predicted molar refractivity (Wildman–Crippen MR) is 107 cm³/mol. The Bertz CT molecular complexity index is 1060. The van der Waals surface area contributed by atoms with Crippen molar-refractivity contribution in [2.24, 2.45) is 0 Å². The fourth-order valence-electron chi connectivity index (χ4n) is 3.25. The maximum Gasteiger partial charge on any atom is 0.293 e. The van der Waals surface area contributed by atoms with E-state index in [1.807, 2.05) is 31.2 Å². The number of imidazole rings is 1. The minimum atomic E-state index is -0.464. The zero-order valence-electron chi connectivity index (χ0n) is 15.5. The Kier molecular flexibility index (Phi) is 4.68. The van der Waals surface area contributed by atoms with Crippen LogP contribution in [0.1, 0.15) is 29.0 Å². The minimum absolute atomic E-state index is 0.101. The maximum atomic E-state index is 12.1. The van der Waals surface area contributed by atoms with E-state index >= 15 is 0 Å². The highest BCUT2D eigenvalue weighted by Gasteiger charge is 2.25. The molecule has 2 N–H and O–H groups in total. The number of nitro benzene ring substituents is 1. The molecule has 1 fully saturated rings. The third-order valence-electron chi connectivity index (χ3n) is 4.87. The number of rotatable bonds is 7. The summed E-state index contributed by atoms with van der Waals surface area (Å²) in [7, 11) is 0. The van der Waals surface area contributed by atoms with Gasteiger partial charge in [-0.15, -0.1) is 0 Å². The minimum Gasteiger partial charge on any atom is -0.378 e. The monoisotopic (exact) mass is 379 g/mol. The van der Waals surface area contributed by atoms with Crippen molar-refractivity contribution in [2.75, 3.05) is 11.9 Å². The van der Waals surface area contributed by atoms with Crippen molar-refractivity contribution in [1.29, 1.82) is 0 Å². The molecule has 1 aliphatic rings. The molecule has 3 aromatic rings. The largest absolute Gasteiger partial charge is 0.378 e. The summed E-state index contributed by atoms with van der Waals surface area (Å²) < 4.78 is 2.08. The van der Waals surface area contributed by atoms with Crippen molar-refractivity contribution in [3.8, 4) is 0 Å². The second kappa shape index (κ2) is 7.30. The summed E-state index contributed by atoms with van der Waals surface area (Å²) in [4.78, 5) is 27.7. The lowest BCUT2D eigenvalue weighted by Gasteiger charge is -2.11. The molecule has 0 unspecified atom stereocenters. The van der Waals surface area contributed by atoms with E-state index in [2.05, 4.69) is 20.2 Å². The van der Waals surface area contributed by atoms with Gasteiger partial charge in [-0.05, 0) is 44.0 Å². The molecule has 0 radical (unpaired) electrons. The van der Waals surface area contributed by atoms with Gasteiger partial charge in [-0.1, -0.05) is 12.1 Å². The molecule has 0 saturated heterocycles. The molecule has 8 nitrogen and oxygen atoms in total. The van der Waals surface area contributed by atoms with Crippen LogP contribution < -0.4 is 10.6 Å². The van der Waals surface area contributed by atoms with Gasteiger partial charge in [0.1, 0.15) is 11.5 Å². The number of para-hydroxylation sites is 2. The van der Waals surface area contributed by atoms with Crippen LogP contribution >= 0.6 is 0 Å². The van der Waals surface area contributed by atoms with Crippen LogP contribution in [0.2, 0.25) is 0 Å². The van der Waals surface area contributed by atoms with Gasteiger partial charge in [0.25, 0.3) is 11.6 Å². The highest BCUT2D eigenvalue weighted by Crippen LogP contribution is 2.27. The van der Waals surface area contributed by atoms with Crippen LogP contribution in [0.15, 0.2) is 42.5 Å². The van der Waals surface area contributed by atoms with Crippen molar-refractivity contribution < 1.29 is 9.72 Å². The Morgan fingerprint density at radius 3 is 2.82 bits per heavy atom. The molecule has 0 bridgehead atoms. The van der Waals surface area contributed by atoms with Gasteiger partial charge < -0.3 is 15.2 Å². The van der Waals surface area contributed by atoms with Crippen molar-refractivity contribution in [1.82, 2.24) is 14.9 Å². The van der Waals surface area contributed by atoms with Crippen LogP contribution in [0.4, 0.5) is 11.4 Å².